The Labute approximate surface area is 438 Å². The standard InChI is InChI=1S/C64H125NO5/c1-3-5-7-9-11-13-15-17-19-25-30-34-38-42-46-50-54-58-64(69)70-59-55-51-47-43-39-35-31-27-24-22-21-23-26-29-33-37-41-45-49-53-57-63(68)65-61(60-66)62(67)56-52-48-44-40-36-32-28-20-18-16-14-12-10-8-6-4-2/h17,19,61-62,66-67H,3-16,18,20-60H2,1-2H3,(H,65,68)/b19-17-. The van der Waals surface area contributed by atoms with Crippen LogP contribution in [0.4, 0.5) is 0 Å². The number of hydrogen-bond donors (Lipinski definition) is 3. The number of carbonyl (C=O) groups excluding carboxylic acids is 2. The van der Waals surface area contributed by atoms with Crippen molar-refractivity contribution >= 4 is 11.9 Å². The van der Waals surface area contributed by atoms with Gasteiger partial charge in [0.15, 0.2) is 0 Å². The molecule has 0 saturated heterocycles. The number of amides is 1. The van der Waals surface area contributed by atoms with E-state index < -0.39 is 12.1 Å². The van der Waals surface area contributed by atoms with Crippen LogP contribution in [-0.4, -0.2) is 47.4 Å². The van der Waals surface area contributed by atoms with Crippen LogP contribution >= 0.6 is 0 Å². The van der Waals surface area contributed by atoms with Crippen molar-refractivity contribution in [2.45, 2.75) is 373 Å². The van der Waals surface area contributed by atoms with Crippen molar-refractivity contribution in [3.05, 3.63) is 12.2 Å². The minimum atomic E-state index is -0.665. The highest BCUT2D eigenvalue weighted by molar-refractivity contribution is 5.76. The van der Waals surface area contributed by atoms with Crippen LogP contribution in [0.25, 0.3) is 0 Å². The van der Waals surface area contributed by atoms with Gasteiger partial charge in [-0.3, -0.25) is 9.59 Å². The number of rotatable bonds is 60. The summed E-state index contributed by atoms with van der Waals surface area (Å²) < 4.78 is 5.49. The molecule has 0 aromatic carbocycles. The van der Waals surface area contributed by atoms with Gasteiger partial charge in [0.1, 0.15) is 0 Å². The molecule has 0 rings (SSSR count). The second kappa shape index (κ2) is 60.2. The van der Waals surface area contributed by atoms with Gasteiger partial charge >= 0.3 is 5.97 Å². The lowest BCUT2D eigenvalue weighted by Gasteiger charge is -2.22. The number of unbranched alkanes of at least 4 members (excludes halogenated alkanes) is 47. The summed E-state index contributed by atoms with van der Waals surface area (Å²) in [7, 11) is 0. The largest absolute Gasteiger partial charge is 0.466 e. The molecule has 0 heterocycles. The first-order valence-corrected chi connectivity index (χ1v) is 31.9. The number of hydrogen-bond acceptors (Lipinski definition) is 5. The molecule has 3 N–H and O–H groups in total. The number of aliphatic hydroxyl groups is 2. The maximum atomic E-state index is 12.5. The van der Waals surface area contributed by atoms with Crippen LogP contribution < -0.4 is 5.32 Å². The average molecular weight is 989 g/mol. The molecule has 2 unspecified atom stereocenters. The molecule has 416 valence electrons. The van der Waals surface area contributed by atoms with Gasteiger partial charge in [-0.15, -0.1) is 0 Å². The predicted molar refractivity (Wildman–Crippen MR) is 306 cm³/mol. The first-order chi connectivity index (χ1) is 34.5. The lowest BCUT2D eigenvalue weighted by molar-refractivity contribution is -0.143. The zero-order valence-corrected chi connectivity index (χ0v) is 47.5. The van der Waals surface area contributed by atoms with Crippen LogP contribution in [0.15, 0.2) is 12.2 Å². The molecule has 0 aliphatic rings. The summed E-state index contributed by atoms with van der Waals surface area (Å²) in [5.41, 5.74) is 0. The van der Waals surface area contributed by atoms with Crippen LogP contribution in [-0.2, 0) is 14.3 Å². The van der Waals surface area contributed by atoms with E-state index in [-0.39, 0.29) is 18.5 Å². The van der Waals surface area contributed by atoms with Gasteiger partial charge in [-0.25, -0.2) is 0 Å². The van der Waals surface area contributed by atoms with Gasteiger partial charge < -0.3 is 20.3 Å². The highest BCUT2D eigenvalue weighted by Crippen LogP contribution is 2.18. The summed E-state index contributed by atoms with van der Waals surface area (Å²) in [5.74, 6) is -0.0256. The smallest absolute Gasteiger partial charge is 0.305 e. The van der Waals surface area contributed by atoms with E-state index >= 15 is 0 Å². The van der Waals surface area contributed by atoms with Gasteiger partial charge in [0, 0.05) is 12.8 Å². The van der Waals surface area contributed by atoms with Crippen molar-refractivity contribution in [3.63, 3.8) is 0 Å². The van der Waals surface area contributed by atoms with Gasteiger partial charge in [-0.05, 0) is 51.4 Å². The lowest BCUT2D eigenvalue weighted by Crippen LogP contribution is -2.45. The molecule has 2 atom stereocenters. The minimum Gasteiger partial charge on any atom is -0.466 e. The SMILES string of the molecule is CCCCCCCC/C=C\CCCCCCCCCC(=O)OCCCCCCCCCCCCCCCCCCCCCCC(=O)NC(CO)C(O)CCCCCCCCCCCCCCCCCC. The van der Waals surface area contributed by atoms with Crippen molar-refractivity contribution < 1.29 is 24.5 Å². The van der Waals surface area contributed by atoms with E-state index in [2.05, 4.69) is 31.3 Å². The van der Waals surface area contributed by atoms with E-state index in [1.807, 2.05) is 0 Å². The number of ether oxygens (including phenoxy) is 1. The second-order valence-electron chi connectivity index (χ2n) is 22.1. The number of carbonyl (C=O) groups is 2. The van der Waals surface area contributed by atoms with E-state index in [1.165, 1.54) is 283 Å². The Morgan fingerprint density at radius 1 is 0.386 bits per heavy atom. The third-order valence-electron chi connectivity index (χ3n) is 15.1. The topological polar surface area (TPSA) is 95.9 Å². The normalized spacial score (nSPS) is 12.6. The molecule has 0 spiro atoms. The molecule has 6 nitrogen and oxygen atoms in total. The molecule has 0 aromatic heterocycles. The highest BCUT2D eigenvalue weighted by atomic mass is 16.5. The molecule has 0 aliphatic heterocycles. The summed E-state index contributed by atoms with van der Waals surface area (Å²) in [6, 6.07) is -0.542. The number of allylic oxidation sites excluding steroid dienone is 2. The minimum absolute atomic E-state index is 0.00822. The first kappa shape index (κ1) is 68.6. The van der Waals surface area contributed by atoms with Crippen LogP contribution in [0.5, 0.6) is 0 Å². The number of esters is 1. The summed E-state index contributed by atoms with van der Waals surface area (Å²) in [4.78, 5) is 24.6. The maximum absolute atomic E-state index is 12.5. The average Bonchev–Trinajstić information content (AvgIpc) is 3.36. The fourth-order valence-corrected chi connectivity index (χ4v) is 10.2. The van der Waals surface area contributed by atoms with Gasteiger partial charge in [0.05, 0.1) is 25.4 Å². The van der Waals surface area contributed by atoms with Gasteiger partial charge in [0.2, 0.25) is 5.91 Å². The van der Waals surface area contributed by atoms with Crippen LogP contribution in [0, 0.1) is 0 Å². The summed E-state index contributed by atoms with van der Waals surface area (Å²) in [5, 5.41) is 23.3. The summed E-state index contributed by atoms with van der Waals surface area (Å²) in [6.07, 6.45) is 72.2. The first-order valence-electron chi connectivity index (χ1n) is 31.9. The molecule has 70 heavy (non-hydrogen) atoms. The van der Waals surface area contributed by atoms with Crippen molar-refractivity contribution in [1.29, 1.82) is 0 Å². The Morgan fingerprint density at radius 3 is 1.01 bits per heavy atom. The third-order valence-corrected chi connectivity index (χ3v) is 15.1. The fraction of sp³-hybridized carbons (Fsp3) is 0.938. The van der Waals surface area contributed by atoms with Crippen LogP contribution in [0.2, 0.25) is 0 Å². The van der Waals surface area contributed by atoms with E-state index in [0.717, 1.165) is 44.9 Å². The summed E-state index contributed by atoms with van der Waals surface area (Å²) in [6.45, 7) is 4.97. The lowest BCUT2D eigenvalue weighted by atomic mass is 10.0. The van der Waals surface area contributed by atoms with Crippen molar-refractivity contribution in [2.24, 2.45) is 0 Å². The predicted octanol–water partition coefficient (Wildman–Crippen LogP) is 20.0. The second-order valence-corrected chi connectivity index (χ2v) is 22.1. The maximum Gasteiger partial charge on any atom is 0.305 e. The Kier molecular flexibility index (Phi) is 59.0. The van der Waals surface area contributed by atoms with Crippen LogP contribution in [0.3, 0.4) is 0 Å². The number of nitrogens with one attached hydrogen (secondary N) is 1. The zero-order valence-electron chi connectivity index (χ0n) is 47.5. The van der Waals surface area contributed by atoms with E-state index in [0.29, 0.717) is 25.9 Å². The molecule has 0 aliphatic carbocycles. The molecular weight excluding hydrogens is 863 g/mol. The third kappa shape index (κ3) is 55.9. The van der Waals surface area contributed by atoms with E-state index in [9.17, 15) is 19.8 Å². The van der Waals surface area contributed by atoms with Crippen molar-refractivity contribution in [1.82, 2.24) is 5.32 Å². The fourth-order valence-electron chi connectivity index (χ4n) is 10.2. The van der Waals surface area contributed by atoms with Gasteiger partial charge in [0.25, 0.3) is 0 Å². The molecule has 6 heteroatoms. The molecule has 0 aromatic rings. The quantitative estimate of drug-likeness (QED) is 0.0321. The summed E-state index contributed by atoms with van der Waals surface area (Å²) >= 11 is 0. The monoisotopic (exact) mass is 988 g/mol. The highest BCUT2D eigenvalue weighted by Gasteiger charge is 2.20. The Morgan fingerprint density at radius 2 is 0.671 bits per heavy atom. The van der Waals surface area contributed by atoms with Gasteiger partial charge in [-0.2, -0.15) is 0 Å². The molecular formula is C64H125NO5. The number of aliphatic hydroxyl groups excluding tert-OH is 2. The molecule has 1 amide bonds. The Hall–Kier alpha value is -1.40. The molecule has 0 bridgehead atoms. The van der Waals surface area contributed by atoms with Crippen molar-refractivity contribution in [3.8, 4) is 0 Å². The van der Waals surface area contributed by atoms with Crippen molar-refractivity contribution in [2.75, 3.05) is 13.2 Å². The van der Waals surface area contributed by atoms with Crippen LogP contribution in [0.1, 0.15) is 361 Å². The zero-order chi connectivity index (χ0) is 50.7. The molecule has 0 radical (unpaired) electrons. The Balaban J connectivity index is 3.37. The van der Waals surface area contributed by atoms with E-state index in [4.69, 9.17) is 4.74 Å². The van der Waals surface area contributed by atoms with Gasteiger partial charge in [-0.1, -0.05) is 309 Å². The Bertz CT molecular complexity index is 1050. The molecule has 0 saturated carbocycles. The molecule has 0 fully saturated rings. The van der Waals surface area contributed by atoms with E-state index in [1.54, 1.807) is 0 Å².